The van der Waals surface area contributed by atoms with E-state index in [9.17, 15) is 9.59 Å². The number of primary amides is 1. The van der Waals surface area contributed by atoms with Gasteiger partial charge in [0.15, 0.2) is 0 Å². The van der Waals surface area contributed by atoms with Crippen LogP contribution < -0.4 is 10.6 Å². The number of rotatable bonds is 2. The lowest BCUT2D eigenvalue weighted by Gasteiger charge is -2.14. The Hall–Kier alpha value is -1.84. The summed E-state index contributed by atoms with van der Waals surface area (Å²) in [5.41, 5.74) is 7.99. The molecule has 0 fully saturated rings. The van der Waals surface area contributed by atoms with Crippen molar-refractivity contribution in [3.05, 3.63) is 29.3 Å². The first-order chi connectivity index (χ1) is 7.08. The van der Waals surface area contributed by atoms with E-state index >= 15 is 0 Å². The van der Waals surface area contributed by atoms with Crippen molar-refractivity contribution < 1.29 is 9.59 Å². The van der Waals surface area contributed by atoms with Crippen LogP contribution in [0.4, 0.5) is 5.69 Å². The molecule has 1 heterocycles. The van der Waals surface area contributed by atoms with Crippen molar-refractivity contribution in [3.63, 3.8) is 0 Å². The van der Waals surface area contributed by atoms with E-state index in [1.54, 1.807) is 0 Å². The summed E-state index contributed by atoms with van der Waals surface area (Å²) < 4.78 is 0. The summed E-state index contributed by atoms with van der Waals surface area (Å²) in [5, 5.41) is 0. The summed E-state index contributed by atoms with van der Waals surface area (Å²) in [6, 6.07) is 5.75. The second-order valence-electron chi connectivity index (χ2n) is 3.76. The molecule has 0 bridgehead atoms. The van der Waals surface area contributed by atoms with E-state index in [2.05, 4.69) is 0 Å². The van der Waals surface area contributed by atoms with E-state index in [0.717, 1.165) is 16.8 Å². The molecule has 0 aliphatic carbocycles. The van der Waals surface area contributed by atoms with Crippen LogP contribution in [0.3, 0.4) is 0 Å². The van der Waals surface area contributed by atoms with Crippen LogP contribution in [0.25, 0.3) is 0 Å². The number of benzene rings is 1. The Bertz CT molecular complexity index is 440. The fourth-order valence-electron chi connectivity index (χ4n) is 1.84. The van der Waals surface area contributed by atoms with Gasteiger partial charge in [-0.1, -0.05) is 17.7 Å². The van der Waals surface area contributed by atoms with Gasteiger partial charge >= 0.3 is 0 Å². The van der Waals surface area contributed by atoms with Gasteiger partial charge in [0, 0.05) is 5.69 Å². The summed E-state index contributed by atoms with van der Waals surface area (Å²) in [6.07, 6.45) is 0.365. The summed E-state index contributed by atoms with van der Waals surface area (Å²) in [4.78, 5) is 23.8. The highest BCUT2D eigenvalue weighted by molar-refractivity contribution is 6.04. The minimum Gasteiger partial charge on any atom is -0.368 e. The number of carbonyl (C=O) groups is 2. The number of hydrogen-bond acceptors (Lipinski definition) is 2. The maximum absolute atomic E-state index is 11.6. The molecule has 1 aromatic rings. The quantitative estimate of drug-likeness (QED) is 0.756. The minimum atomic E-state index is -0.489. The zero-order valence-corrected chi connectivity index (χ0v) is 8.49. The van der Waals surface area contributed by atoms with Gasteiger partial charge < -0.3 is 10.6 Å². The van der Waals surface area contributed by atoms with Crippen molar-refractivity contribution in [2.75, 3.05) is 11.4 Å². The summed E-state index contributed by atoms with van der Waals surface area (Å²) in [5.74, 6) is -0.550. The molecule has 15 heavy (non-hydrogen) atoms. The molecule has 0 atom stereocenters. The minimum absolute atomic E-state index is 0.0328. The maximum Gasteiger partial charge on any atom is 0.237 e. The van der Waals surface area contributed by atoms with E-state index in [-0.39, 0.29) is 12.5 Å². The third kappa shape index (κ3) is 1.70. The molecule has 2 amide bonds. The lowest BCUT2D eigenvalue weighted by atomic mass is 10.1. The van der Waals surface area contributed by atoms with Gasteiger partial charge in [0.25, 0.3) is 0 Å². The zero-order chi connectivity index (χ0) is 11.0. The molecule has 0 radical (unpaired) electrons. The zero-order valence-electron chi connectivity index (χ0n) is 8.49. The third-order valence-electron chi connectivity index (χ3n) is 2.48. The topological polar surface area (TPSA) is 63.4 Å². The fourth-order valence-corrected chi connectivity index (χ4v) is 1.84. The van der Waals surface area contributed by atoms with Crippen LogP contribution in [0, 0.1) is 6.92 Å². The lowest BCUT2D eigenvalue weighted by Crippen LogP contribution is -2.35. The Labute approximate surface area is 87.7 Å². The van der Waals surface area contributed by atoms with Crippen LogP contribution in [0.2, 0.25) is 0 Å². The van der Waals surface area contributed by atoms with Crippen molar-refractivity contribution in [1.29, 1.82) is 0 Å². The largest absolute Gasteiger partial charge is 0.368 e. The molecule has 1 aliphatic rings. The van der Waals surface area contributed by atoms with Gasteiger partial charge in [-0.25, -0.2) is 0 Å². The number of amides is 2. The Kier molecular flexibility index (Phi) is 2.19. The molecular formula is C11H12N2O2. The molecule has 0 aromatic heterocycles. The first-order valence-electron chi connectivity index (χ1n) is 4.76. The van der Waals surface area contributed by atoms with Gasteiger partial charge in [-0.05, 0) is 18.6 Å². The molecule has 0 unspecified atom stereocenters. The van der Waals surface area contributed by atoms with Crippen LogP contribution >= 0.6 is 0 Å². The highest BCUT2D eigenvalue weighted by atomic mass is 16.2. The monoisotopic (exact) mass is 204 g/mol. The first kappa shape index (κ1) is 9.71. The molecule has 0 saturated heterocycles. The van der Waals surface area contributed by atoms with E-state index in [1.807, 2.05) is 25.1 Å². The Morgan fingerprint density at radius 1 is 1.53 bits per heavy atom. The van der Waals surface area contributed by atoms with E-state index in [1.165, 1.54) is 4.90 Å². The number of fused-ring (bicyclic) bond motifs is 1. The fraction of sp³-hybridized carbons (Fsp3) is 0.273. The Morgan fingerprint density at radius 3 is 2.93 bits per heavy atom. The van der Waals surface area contributed by atoms with Gasteiger partial charge in [-0.15, -0.1) is 0 Å². The molecule has 4 nitrogen and oxygen atoms in total. The van der Waals surface area contributed by atoms with Crippen LogP contribution in [-0.2, 0) is 16.0 Å². The molecule has 2 rings (SSSR count). The summed E-state index contributed by atoms with van der Waals surface area (Å²) >= 11 is 0. The lowest BCUT2D eigenvalue weighted by molar-refractivity contribution is -0.121. The number of carbonyl (C=O) groups excluding carboxylic acids is 2. The highest BCUT2D eigenvalue weighted by Crippen LogP contribution is 2.29. The molecule has 0 spiro atoms. The third-order valence-corrected chi connectivity index (χ3v) is 2.48. The van der Waals surface area contributed by atoms with Crippen molar-refractivity contribution in [3.8, 4) is 0 Å². The molecule has 1 aromatic carbocycles. The maximum atomic E-state index is 11.6. The van der Waals surface area contributed by atoms with Gasteiger partial charge in [0.2, 0.25) is 11.8 Å². The number of nitrogens with zero attached hydrogens (tertiary/aromatic N) is 1. The molecule has 2 N–H and O–H groups in total. The number of anilines is 1. The van der Waals surface area contributed by atoms with Crippen LogP contribution in [0.1, 0.15) is 11.1 Å². The standard InChI is InChI=1S/C11H12N2O2/c1-7-2-3-9-8(4-7)5-11(15)13(9)6-10(12)14/h2-4H,5-6H2,1H3,(H2,12,14). The van der Waals surface area contributed by atoms with Crippen molar-refractivity contribution >= 4 is 17.5 Å². The van der Waals surface area contributed by atoms with Crippen LogP contribution in [0.5, 0.6) is 0 Å². The Balaban J connectivity index is 2.37. The number of hydrogen-bond donors (Lipinski definition) is 1. The van der Waals surface area contributed by atoms with Crippen molar-refractivity contribution in [2.45, 2.75) is 13.3 Å². The van der Waals surface area contributed by atoms with Crippen LogP contribution in [-0.4, -0.2) is 18.4 Å². The highest BCUT2D eigenvalue weighted by Gasteiger charge is 2.27. The van der Waals surface area contributed by atoms with Crippen molar-refractivity contribution in [2.24, 2.45) is 5.73 Å². The average Bonchev–Trinajstić information content (AvgIpc) is 2.41. The number of nitrogens with two attached hydrogens (primary N) is 1. The second-order valence-corrected chi connectivity index (χ2v) is 3.76. The van der Waals surface area contributed by atoms with Gasteiger partial charge in [-0.3, -0.25) is 9.59 Å². The first-order valence-corrected chi connectivity index (χ1v) is 4.76. The molecule has 0 saturated carbocycles. The molecule has 1 aliphatic heterocycles. The SMILES string of the molecule is Cc1ccc2c(c1)CC(=O)N2CC(N)=O. The van der Waals surface area contributed by atoms with Gasteiger partial charge in [0.1, 0.15) is 6.54 Å². The average molecular weight is 204 g/mol. The smallest absolute Gasteiger partial charge is 0.237 e. The Morgan fingerprint density at radius 2 is 2.27 bits per heavy atom. The number of aryl methyl sites for hydroxylation is 1. The molecule has 4 heteroatoms. The van der Waals surface area contributed by atoms with Crippen molar-refractivity contribution in [1.82, 2.24) is 0 Å². The van der Waals surface area contributed by atoms with Gasteiger partial charge in [-0.2, -0.15) is 0 Å². The van der Waals surface area contributed by atoms with Gasteiger partial charge in [0.05, 0.1) is 6.42 Å². The summed E-state index contributed by atoms with van der Waals surface area (Å²) in [7, 11) is 0. The predicted molar refractivity (Wildman–Crippen MR) is 56.4 cm³/mol. The molecule has 78 valence electrons. The van der Waals surface area contributed by atoms with E-state index in [0.29, 0.717) is 6.42 Å². The van der Waals surface area contributed by atoms with E-state index < -0.39 is 5.91 Å². The van der Waals surface area contributed by atoms with Crippen LogP contribution in [0.15, 0.2) is 18.2 Å². The predicted octanol–water partition coefficient (Wildman–Crippen LogP) is 0.369. The van der Waals surface area contributed by atoms with E-state index in [4.69, 9.17) is 5.73 Å². The second kappa shape index (κ2) is 3.38. The normalized spacial score (nSPS) is 14.2. The molecular weight excluding hydrogens is 192 g/mol. The summed E-state index contributed by atoms with van der Waals surface area (Å²) in [6.45, 7) is 1.94.